The van der Waals surface area contributed by atoms with Crippen LogP contribution in [-0.2, 0) is 0 Å². The van der Waals surface area contributed by atoms with Crippen molar-refractivity contribution in [3.8, 4) is 0 Å². The molecule has 0 amide bonds. The van der Waals surface area contributed by atoms with Crippen LogP contribution in [0.3, 0.4) is 0 Å². The van der Waals surface area contributed by atoms with Gasteiger partial charge < -0.3 is 4.90 Å². The molecule has 1 N–H and O–H groups in total. The van der Waals surface area contributed by atoms with Crippen LogP contribution < -0.4 is 0 Å². The van der Waals surface area contributed by atoms with Crippen molar-refractivity contribution >= 4 is 11.8 Å². The zero-order chi connectivity index (χ0) is 9.52. The van der Waals surface area contributed by atoms with E-state index < -0.39 is 0 Å². The number of hydrogen-bond acceptors (Lipinski definition) is 5. The number of nitrogens with one attached hydrogen (secondary N) is 1. The molecule has 13 heavy (non-hydrogen) atoms. The molecule has 5 nitrogen and oxygen atoms in total. The predicted octanol–water partition coefficient (Wildman–Crippen LogP) is 0.173. The Kier molecular flexibility index (Phi) is 4.77. The van der Waals surface area contributed by atoms with Crippen LogP contribution in [0, 0.1) is 6.92 Å². The van der Waals surface area contributed by atoms with Gasteiger partial charge in [0.2, 0.25) is 0 Å². The van der Waals surface area contributed by atoms with Crippen LogP contribution >= 0.6 is 11.8 Å². The van der Waals surface area contributed by atoms with E-state index in [-0.39, 0.29) is 0 Å². The second-order valence-corrected chi connectivity index (χ2v) is 4.10. The van der Waals surface area contributed by atoms with Crippen molar-refractivity contribution in [1.29, 1.82) is 0 Å². The molecule has 0 aliphatic carbocycles. The summed E-state index contributed by atoms with van der Waals surface area (Å²) in [5.41, 5.74) is 0. The largest absolute Gasteiger partial charge is 0.305 e. The molecule has 0 aromatic carbocycles. The zero-order valence-corrected chi connectivity index (χ0v) is 8.84. The molecule has 0 bridgehead atoms. The second kappa shape index (κ2) is 5.93. The van der Waals surface area contributed by atoms with Crippen LogP contribution in [0.15, 0.2) is 0 Å². The highest BCUT2D eigenvalue weighted by Crippen LogP contribution is 2.05. The van der Waals surface area contributed by atoms with Crippen molar-refractivity contribution in [2.24, 2.45) is 0 Å². The van der Waals surface area contributed by atoms with Gasteiger partial charge in [-0.25, -0.2) is 0 Å². The SMILES string of the molecule is CN1CCSCC1.Cc1nn[nH]n1. The van der Waals surface area contributed by atoms with E-state index in [0.717, 1.165) is 0 Å². The van der Waals surface area contributed by atoms with E-state index in [1.54, 1.807) is 6.92 Å². The maximum absolute atomic E-state index is 3.57. The van der Waals surface area contributed by atoms with Crippen molar-refractivity contribution < 1.29 is 0 Å². The average molecular weight is 201 g/mol. The van der Waals surface area contributed by atoms with Crippen LogP contribution in [0.4, 0.5) is 0 Å². The monoisotopic (exact) mass is 201 g/mol. The molecule has 1 aromatic rings. The van der Waals surface area contributed by atoms with Gasteiger partial charge in [0.1, 0.15) is 0 Å². The van der Waals surface area contributed by atoms with Gasteiger partial charge >= 0.3 is 0 Å². The first kappa shape index (κ1) is 10.5. The summed E-state index contributed by atoms with van der Waals surface area (Å²) >= 11 is 2.06. The molecule has 1 fully saturated rings. The van der Waals surface area contributed by atoms with Crippen molar-refractivity contribution in [3.05, 3.63) is 5.82 Å². The van der Waals surface area contributed by atoms with Crippen molar-refractivity contribution in [2.45, 2.75) is 6.92 Å². The summed E-state index contributed by atoms with van der Waals surface area (Å²) in [5, 5.41) is 12.7. The summed E-state index contributed by atoms with van der Waals surface area (Å²) in [6.07, 6.45) is 0. The molecule has 2 heterocycles. The maximum Gasteiger partial charge on any atom is 0.171 e. The van der Waals surface area contributed by atoms with Gasteiger partial charge in [0.25, 0.3) is 0 Å². The third kappa shape index (κ3) is 4.84. The minimum atomic E-state index is 0.676. The molecule has 1 aliphatic heterocycles. The Balaban J connectivity index is 0.000000132. The number of nitrogens with zero attached hydrogens (tertiary/aromatic N) is 4. The molecule has 2 rings (SSSR count). The molecule has 0 unspecified atom stereocenters. The smallest absolute Gasteiger partial charge is 0.171 e. The highest BCUT2D eigenvalue weighted by molar-refractivity contribution is 7.99. The van der Waals surface area contributed by atoms with E-state index in [9.17, 15) is 0 Å². The quantitative estimate of drug-likeness (QED) is 0.648. The van der Waals surface area contributed by atoms with Crippen LogP contribution in [0.5, 0.6) is 0 Å². The highest BCUT2D eigenvalue weighted by Gasteiger charge is 2.02. The Hall–Kier alpha value is -0.620. The van der Waals surface area contributed by atoms with E-state index >= 15 is 0 Å². The second-order valence-electron chi connectivity index (χ2n) is 2.87. The molecule has 1 aromatic heterocycles. The third-order valence-corrected chi connectivity index (χ3v) is 2.63. The Morgan fingerprint density at radius 3 is 2.31 bits per heavy atom. The van der Waals surface area contributed by atoms with Gasteiger partial charge in [-0.1, -0.05) is 5.21 Å². The van der Waals surface area contributed by atoms with Gasteiger partial charge in [0.05, 0.1) is 0 Å². The Bertz CT molecular complexity index is 207. The fourth-order valence-corrected chi connectivity index (χ4v) is 1.95. The fourth-order valence-electron chi connectivity index (χ4n) is 0.866. The van der Waals surface area contributed by atoms with Gasteiger partial charge in [-0.05, 0) is 14.0 Å². The number of aryl methyl sites for hydroxylation is 1. The fraction of sp³-hybridized carbons (Fsp3) is 0.857. The molecule has 0 atom stereocenters. The lowest BCUT2D eigenvalue weighted by Crippen LogP contribution is -2.28. The maximum atomic E-state index is 3.57. The summed E-state index contributed by atoms with van der Waals surface area (Å²) in [6, 6.07) is 0. The lowest BCUT2D eigenvalue weighted by molar-refractivity contribution is 0.372. The van der Waals surface area contributed by atoms with E-state index in [0.29, 0.717) is 5.82 Å². The Labute approximate surface area is 82.3 Å². The van der Waals surface area contributed by atoms with Crippen molar-refractivity contribution in [3.63, 3.8) is 0 Å². The van der Waals surface area contributed by atoms with Crippen LogP contribution in [-0.4, -0.2) is 57.2 Å². The summed E-state index contributed by atoms with van der Waals surface area (Å²) < 4.78 is 0. The molecular formula is C7H15N5S. The molecule has 6 heteroatoms. The van der Waals surface area contributed by atoms with Crippen LogP contribution in [0.25, 0.3) is 0 Å². The normalized spacial score (nSPS) is 17.7. The molecule has 0 saturated carbocycles. The minimum absolute atomic E-state index is 0.676. The number of rotatable bonds is 0. The first-order valence-corrected chi connectivity index (χ1v) is 5.41. The minimum Gasteiger partial charge on any atom is -0.305 e. The van der Waals surface area contributed by atoms with E-state index in [1.165, 1.54) is 24.6 Å². The number of aromatic nitrogens is 4. The number of hydrogen-bond donors (Lipinski definition) is 1. The molecule has 0 radical (unpaired) electrons. The zero-order valence-electron chi connectivity index (χ0n) is 8.03. The van der Waals surface area contributed by atoms with E-state index in [1.807, 2.05) is 0 Å². The lowest BCUT2D eigenvalue weighted by Gasteiger charge is -2.20. The number of H-pyrrole nitrogens is 1. The van der Waals surface area contributed by atoms with E-state index in [2.05, 4.69) is 44.3 Å². The highest BCUT2D eigenvalue weighted by atomic mass is 32.2. The van der Waals surface area contributed by atoms with Gasteiger partial charge in [-0.2, -0.15) is 17.0 Å². The Morgan fingerprint density at radius 1 is 1.38 bits per heavy atom. The summed E-state index contributed by atoms with van der Waals surface area (Å²) in [7, 11) is 2.18. The van der Waals surface area contributed by atoms with E-state index in [4.69, 9.17) is 0 Å². The number of thioether (sulfide) groups is 1. The summed E-state index contributed by atoms with van der Waals surface area (Å²) in [4.78, 5) is 2.37. The molecule has 1 saturated heterocycles. The first-order chi connectivity index (χ1) is 6.29. The van der Waals surface area contributed by atoms with Gasteiger partial charge in [0.15, 0.2) is 5.82 Å². The molecule has 1 aliphatic rings. The summed E-state index contributed by atoms with van der Waals surface area (Å²) in [5.74, 6) is 3.34. The molecule has 0 spiro atoms. The third-order valence-electron chi connectivity index (χ3n) is 1.69. The first-order valence-electron chi connectivity index (χ1n) is 4.25. The van der Waals surface area contributed by atoms with Gasteiger partial charge in [-0.3, -0.25) is 0 Å². The Morgan fingerprint density at radius 2 is 2.08 bits per heavy atom. The standard InChI is InChI=1S/C5H11NS.C2H4N4/c1-6-2-4-7-5-3-6;1-2-3-5-6-4-2/h2-5H2,1H3;1H3,(H,3,4,5,6). The van der Waals surface area contributed by atoms with Crippen molar-refractivity contribution in [2.75, 3.05) is 31.6 Å². The average Bonchev–Trinajstić information content (AvgIpc) is 2.58. The van der Waals surface area contributed by atoms with Gasteiger partial charge in [-0.15, -0.1) is 10.2 Å². The lowest BCUT2D eigenvalue weighted by atomic mass is 10.6. The molecule has 74 valence electrons. The predicted molar refractivity (Wildman–Crippen MR) is 53.7 cm³/mol. The van der Waals surface area contributed by atoms with Crippen LogP contribution in [0.2, 0.25) is 0 Å². The summed E-state index contributed by atoms with van der Waals surface area (Å²) in [6.45, 7) is 4.33. The van der Waals surface area contributed by atoms with Crippen molar-refractivity contribution in [1.82, 2.24) is 25.5 Å². The van der Waals surface area contributed by atoms with Crippen LogP contribution in [0.1, 0.15) is 5.82 Å². The number of tetrazole rings is 1. The molecular weight excluding hydrogens is 186 g/mol. The number of aromatic amines is 1. The topological polar surface area (TPSA) is 57.7 Å². The van der Waals surface area contributed by atoms with Gasteiger partial charge in [0, 0.05) is 24.6 Å².